The second kappa shape index (κ2) is 4.79. The van der Waals surface area contributed by atoms with Gasteiger partial charge in [0.25, 0.3) is 5.91 Å². The largest absolute Gasteiger partial charge is 0.395 e. The number of hydrogen-bond acceptors (Lipinski definition) is 3. The molecule has 5 nitrogen and oxygen atoms in total. The zero-order valence-corrected chi connectivity index (χ0v) is 12.6. The molecule has 3 rings (SSSR count). The fraction of sp³-hybridized carbons (Fsp3) is 0.733. The lowest BCUT2D eigenvalue weighted by molar-refractivity contribution is 0.0744. The number of aryl methyl sites for hydroxylation is 2. The zero-order chi connectivity index (χ0) is 14.4. The highest BCUT2D eigenvalue weighted by atomic mass is 16.2. The number of amides is 1. The minimum Gasteiger partial charge on any atom is -0.395 e. The fourth-order valence-corrected chi connectivity index (χ4v) is 4.14. The van der Waals surface area contributed by atoms with E-state index in [4.69, 9.17) is 5.73 Å². The van der Waals surface area contributed by atoms with Crippen LogP contribution >= 0.6 is 0 Å². The molecule has 1 aromatic heterocycles. The van der Waals surface area contributed by atoms with Crippen LogP contribution in [0.15, 0.2) is 0 Å². The van der Waals surface area contributed by atoms with Gasteiger partial charge in [0.1, 0.15) is 5.69 Å². The summed E-state index contributed by atoms with van der Waals surface area (Å²) in [4.78, 5) is 14.4. The minimum absolute atomic E-state index is 0.00614. The summed E-state index contributed by atoms with van der Waals surface area (Å²) < 4.78 is 1.60. The summed E-state index contributed by atoms with van der Waals surface area (Å²) in [5, 5.41) is 4.23. The molecule has 1 amide bonds. The molecule has 2 N–H and O–H groups in total. The van der Waals surface area contributed by atoms with Crippen molar-refractivity contribution in [3.8, 4) is 0 Å². The van der Waals surface area contributed by atoms with E-state index in [1.54, 1.807) is 11.7 Å². The van der Waals surface area contributed by atoms with Crippen LogP contribution < -0.4 is 5.73 Å². The lowest BCUT2D eigenvalue weighted by Gasteiger charge is -2.27. The van der Waals surface area contributed by atoms with Crippen LogP contribution in [0, 0.1) is 24.7 Å². The molecule has 0 saturated heterocycles. The number of anilines is 1. The first kappa shape index (κ1) is 13.5. The molecule has 1 heterocycles. The van der Waals surface area contributed by atoms with E-state index in [9.17, 15) is 4.79 Å². The first-order valence-corrected chi connectivity index (χ1v) is 7.52. The van der Waals surface area contributed by atoms with Crippen molar-refractivity contribution in [2.75, 3.05) is 19.3 Å². The molecule has 2 fully saturated rings. The van der Waals surface area contributed by atoms with Gasteiger partial charge >= 0.3 is 0 Å². The van der Waals surface area contributed by atoms with Gasteiger partial charge in [0.15, 0.2) is 0 Å². The summed E-state index contributed by atoms with van der Waals surface area (Å²) >= 11 is 0. The number of aromatic nitrogens is 2. The Morgan fingerprint density at radius 2 is 2.20 bits per heavy atom. The van der Waals surface area contributed by atoms with Gasteiger partial charge in [-0.15, -0.1) is 0 Å². The van der Waals surface area contributed by atoms with Gasteiger partial charge in [-0.05, 0) is 43.9 Å². The van der Waals surface area contributed by atoms with Crippen LogP contribution in [0.5, 0.6) is 0 Å². The van der Waals surface area contributed by atoms with Crippen molar-refractivity contribution in [1.82, 2.24) is 14.7 Å². The standard InChI is InChI=1S/C15H24N4O/c1-9-13(16)14(19(3)17-9)15(20)18(2)8-12-7-10-4-5-11(12)6-10/h10-12H,4-8,16H2,1-3H3. The number of nitrogens with zero attached hydrogens (tertiary/aromatic N) is 3. The summed E-state index contributed by atoms with van der Waals surface area (Å²) in [6, 6.07) is 0. The number of hydrogen-bond donors (Lipinski definition) is 1. The topological polar surface area (TPSA) is 64.2 Å². The van der Waals surface area contributed by atoms with Crippen LogP contribution in [0.25, 0.3) is 0 Å². The molecule has 3 unspecified atom stereocenters. The lowest BCUT2D eigenvalue weighted by atomic mass is 9.88. The average molecular weight is 276 g/mol. The fourth-order valence-electron chi connectivity index (χ4n) is 4.14. The Morgan fingerprint density at radius 1 is 1.45 bits per heavy atom. The van der Waals surface area contributed by atoms with Gasteiger partial charge in [0.2, 0.25) is 0 Å². The van der Waals surface area contributed by atoms with E-state index in [0.717, 1.165) is 24.1 Å². The molecule has 20 heavy (non-hydrogen) atoms. The van der Waals surface area contributed by atoms with Crippen molar-refractivity contribution in [3.63, 3.8) is 0 Å². The summed E-state index contributed by atoms with van der Waals surface area (Å²) in [5.74, 6) is 2.42. The van der Waals surface area contributed by atoms with Gasteiger partial charge in [0.05, 0.1) is 11.4 Å². The van der Waals surface area contributed by atoms with E-state index in [1.165, 1.54) is 25.7 Å². The van der Waals surface area contributed by atoms with Crippen LogP contribution in [0.4, 0.5) is 5.69 Å². The maximum Gasteiger partial charge on any atom is 0.274 e. The Hall–Kier alpha value is -1.52. The molecule has 3 atom stereocenters. The smallest absolute Gasteiger partial charge is 0.274 e. The minimum atomic E-state index is -0.00614. The maximum absolute atomic E-state index is 12.6. The second-order valence-corrected chi connectivity index (χ2v) is 6.59. The van der Waals surface area contributed by atoms with Gasteiger partial charge in [-0.1, -0.05) is 6.42 Å². The molecule has 5 heteroatoms. The summed E-state index contributed by atoms with van der Waals surface area (Å²) in [5.41, 5.74) is 7.74. The van der Waals surface area contributed by atoms with Crippen LogP contribution in [0.3, 0.4) is 0 Å². The van der Waals surface area contributed by atoms with E-state index in [0.29, 0.717) is 17.3 Å². The Labute approximate surface area is 120 Å². The van der Waals surface area contributed by atoms with Crippen LogP contribution in [0.2, 0.25) is 0 Å². The number of nitrogen functional groups attached to an aromatic ring is 1. The lowest BCUT2D eigenvalue weighted by Crippen LogP contribution is -2.35. The van der Waals surface area contributed by atoms with E-state index in [1.807, 2.05) is 18.9 Å². The monoisotopic (exact) mass is 276 g/mol. The normalized spacial score (nSPS) is 28.1. The van der Waals surface area contributed by atoms with Crippen LogP contribution in [-0.2, 0) is 7.05 Å². The van der Waals surface area contributed by atoms with Gasteiger partial charge in [-0.2, -0.15) is 5.10 Å². The van der Waals surface area contributed by atoms with Gasteiger partial charge in [-0.25, -0.2) is 0 Å². The van der Waals surface area contributed by atoms with Crippen molar-refractivity contribution in [3.05, 3.63) is 11.4 Å². The molecule has 0 aliphatic heterocycles. The number of nitrogens with two attached hydrogens (primary N) is 1. The molecule has 0 radical (unpaired) electrons. The molecule has 2 bridgehead atoms. The van der Waals surface area contributed by atoms with E-state index in [2.05, 4.69) is 5.10 Å². The Morgan fingerprint density at radius 3 is 2.70 bits per heavy atom. The Bertz CT molecular complexity index is 536. The highest BCUT2D eigenvalue weighted by Gasteiger charge is 2.40. The average Bonchev–Trinajstić information content (AvgIpc) is 3.05. The first-order valence-electron chi connectivity index (χ1n) is 7.52. The quantitative estimate of drug-likeness (QED) is 0.916. The van der Waals surface area contributed by atoms with Crippen LogP contribution in [-0.4, -0.2) is 34.2 Å². The zero-order valence-electron chi connectivity index (χ0n) is 12.6. The first-order chi connectivity index (χ1) is 9.47. The molecule has 1 aromatic rings. The number of carbonyl (C=O) groups is 1. The van der Waals surface area contributed by atoms with Crippen molar-refractivity contribution in [2.45, 2.75) is 32.6 Å². The predicted octanol–water partition coefficient (Wildman–Crippen LogP) is 1.82. The van der Waals surface area contributed by atoms with Gasteiger partial charge in [-0.3, -0.25) is 9.48 Å². The highest BCUT2D eigenvalue weighted by molar-refractivity contribution is 5.97. The number of carbonyl (C=O) groups excluding carboxylic acids is 1. The van der Waals surface area contributed by atoms with Crippen molar-refractivity contribution >= 4 is 11.6 Å². The summed E-state index contributed by atoms with van der Waals surface area (Å²) in [6.07, 6.45) is 5.42. The molecule has 2 aliphatic rings. The maximum atomic E-state index is 12.6. The van der Waals surface area contributed by atoms with Crippen molar-refractivity contribution in [2.24, 2.45) is 24.8 Å². The second-order valence-electron chi connectivity index (χ2n) is 6.59. The molecular formula is C15H24N4O. The Balaban J connectivity index is 1.70. The molecule has 2 saturated carbocycles. The van der Waals surface area contributed by atoms with Gasteiger partial charge in [0, 0.05) is 20.6 Å². The number of fused-ring (bicyclic) bond motifs is 2. The van der Waals surface area contributed by atoms with E-state index >= 15 is 0 Å². The number of rotatable bonds is 3. The third-order valence-corrected chi connectivity index (χ3v) is 5.21. The van der Waals surface area contributed by atoms with Gasteiger partial charge < -0.3 is 10.6 Å². The molecule has 2 aliphatic carbocycles. The highest BCUT2D eigenvalue weighted by Crippen LogP contribution is 2.48. The molecule has 110 valence electrons. The van der Waals surface area contributed by atoms with Crippen molar-refractivity contribution in [1.29, 1.82) is 0 Å². The van der Waals surface area contributed by atoms with Crippen LogP contribution in [0.1, 0.15) is 41.9 Å². The molecule has 0 aromatic carbocycles. The summed E-state index contributed by atoms with van der Waals surface area (Å²) in [7, 11) is 3.66. The third-order valence-electron chi connectivity index (χ3n) is 5.21. The predicted molar refractivity (Wildman–Crippen MR) is 78.3 cm³/mol. The Kier molecular flexibility index (Phi) is 3.22. The van der Waals surface area contributed by atoms with Crippen molar-refractivity contribution < 1.29 is 4.79 Å². The molecule has 0 spiro atoms. The van der Waals surface area contributed by atoms with E-state index < -0.39 is 0 Å². The van der Waals surface area contributed by atoms with E-state index in [-0.39, 0.29) is 5.91 Å². The SMILES string of the molecule is Cc1nn(C)c(C(=O)N(C)CC2CC3CCC2C3)c1N. The molecular weight excluding hydrogens is 252 g/mol. The summed E-state index contributed by atoms with van der Waals surface area (Å²) in [6.45, 7) is 2.69. The third kappa shape index (κ3) is 2.09.